The maximum atomic E-state index is 14.5. The number of nitrogens with zero attached hydrogens (tertiary/aromatic N) is 2. The summed E-state index contributed by atoms with van der Waals surface area (Å²) in [6.45, 7) is 13.3. The number of ether oxygens (including phenoxy) is 2. The average molecular weight is 499 g/mol. The molecule has 3 saturated heterocycles. The molecule has 1 N–H and O–H groups in total. The van der Waals surface area contributed by atoms with Crippen LogP contribution < -0.4 is 4.90 Å². The van der Waals surface area contributed by atoms with E-state index < -0.39 is 41.1 Å². The first-order valence-electron chi connectivity index (χ1n) is 12.9. The van der Waals surface area contributed by atoms with Crippen LogP contribution in [0.2, 0.25) is 0 Å². The lowest BCUT2D eigenvalue weighted by atomic mass is 9.65. The van der Waals surface area contributed by atoms with Gasteiger partial charge in [0.25, 0.3) is 5.91 Å². The largest absolute Gasteiger partial charge is 0.466 e. The predicted molar refractivity (Wildman–Crippen MR) is 135 cm³/mol. The first kappa shape index (κ1) is 26.4. The van der Waals surface area contributed by atoms with Crippen molar-refractivity contribution in [2.24, 2.45) is 11.8 Å². The summed E-state index contributed by atoms with van der Waals surface area (Å²) in [4.78, 5) is 44.9. The summed E-state index contributed by atoms with van der Waals surface area (Å²) in [5, 5.41) is 10.1. The fourth-order valence-corrected chi connectivity index (χ4v) is 6.68. The lowest BCUT2D eigenvalue weighted by Crippen LogP contribution is -2.58. The summed E-state index contributed by atoms with van der Waals surface area (Å²) < 4.78 is 12.1. The molecule has 0 radical (unpaired) electrons. The van der Waals surface area contributed by atoms with Crippen LogP contribution in [0.4, 0.5) is 5.69 Å². The van der Waals surface area contributed by atoms with E-state index in [0.29, 0.717) is 19.3 Å². The number of carbonyl (C=O) groups excluding carboxylic acids is 3. The molecule has 0 saturated carbocycles. The average Bonchev–Trinajstić information content (AvgIpc) is 3.47. The van der Waals surface area contributed by atoms with Crippen LogP contribution in [0.1, 0.15) is 51.2 Å². The van der Waals surface area contributed by atoms with E-state index in [9.17, 15) is 19.5 Å². The van der Waals surface area contributed by atoms with Gasteiger partial charge in [-0.3, -0.25) is 14.4 Å². The third-order valence-corrected chi connectivity index (χ3v) is 8.37. The van der Waals surface area contributed by atoms with Gasteiger partial charge in [0, 0.05) is 12.2 Å². The van der Waals surface area contributed by atoms with Crippen LogP contribution in [0.15, 0.2) is 30.9 Å². The van der Waals surface area contributed by atoms with E-state index in [-0.39, 0.29) is 31.6 Å². The molecule has 0 aliphatic carbocycles. The molecule has 196 valence electrons. The summed E-state index contributed by atoms with van der Waals surface area (Å²) in [5.74, 6) is -2.71. The molecular formula is C28H38N2O6. The van der Waals surface area contributed by atoms with Crippen molar-refractivity contribution in [3.8, 4) is 0 Å². The van der Waals surface area contributed by atoms with Crippen molar-refractivity contribution in [3.63, 3.8) is 0 Å². The first-order chi connectivity index (χ1) is 17.1. The molecule has 8 nitrogen and oxygen atoms in total. The normalized spacial score (nSPS) is 31.3. The van der Waals surface area contributed by atoms with Crippen molar-refractivity contribution in [1.82, 2.24) is 4.90 Å². The minimum Gasteiger partial charge on any atom is -0.466 e. The quantitative estimate of drug-likeness (QED) is 0.416. The van der Waals surface area contributed by atoms with Crippen molar-refractivity contribution < 1.29 is 29.0 Å². The van der Waals surface area contributed by atoms with Gasteiger partial charge in [0.15, 0.2) is 0 Å². The van der Waals surface area contributed by atoms with Gasteiger partial charge in [-0.25, -0.2) is 0 Å². The third kappa shape index (κ3) is 3.68. The zero-order valence-electron chi connectivity index (χ0n) is 22.0. The molecule has 3 fully saturated rings. The predicted octanol–water partition coefficient (Wildman–Crippen LogP) is 2.92. The highest BCUT2D eigenvalue weighted by molar-refractivity contribution is 6.05. The maximum absolute atomic E-state index is 14.5. The number of rotatable bonds is 9. The number of benzene rings is 1. The van der Waals surface area contributed by atoms with Crippen molar-refractivity contribution in [2.75, 3.05) is 24.7 Å². The van der Waals surface area contributed by atoms with Gasteiger partial charge >= 0.3 is 5.97 Å². The van der Waals surface area contributed by atoms with Crippen LogP contribution in [0, 0.1) is 25.7 Å². The maximum Gasteiger partial charge on any atom is 0.312 e. The van der Waals surface area contributed by atoms with E-state index in [1.54, 1.807) is 24.8 Å². The Morgan fingerprint density at radius 3 is 2.67 bits per heavy atom. The number of aryl methyl sites for hydroxylation is 2. The van der Waals surface area contributed by atoms with Gasteiger partial charge < -0.3 is 24.4 Å². The number of amides is 2. The summed E-state index contributed by atoms with van der Waals surface area (Å²) >= 11 is 0. The molecule has 2 amide bonds. The Morgan fingerprint density at radius 1 is 1.33 bits per heavy atom. The second-order valence-electron chi connectivity index (χ2n) is 10.4. The Balaban J connectivity index is 1.87. The Morgan fingerprint density at radius 2 is 2.06 bits per heavy atom. The molecule has 1 spiro atoms. The number of aliphatic hydroxyl groups excluding tert-OH is 1. The Kier molecular flexibility index (Phi) is 7.05. The molecule has 1 aromatic carbocycles. The highest BCUT2D eigenvalue weighted by atomic mass is 16.6. The van der Waals surface area contributed by atoms with E-state index in [1.807, 2.05) is 39.0 Å². The number of likely N-dealkylation sites (tertiary alicyclic amines) is 1. The van der Waals surface area contributed by atoms with Crippen molar-refractivity contribution >= 4 is 23.5 Å². The zero-order valence-corrected chi connectivity index (χ0v) is 22.0. The van der Waals surface area contributed by atoms with E-state index in [2.05, 4.69) is 6.58 Å². The molecule has 3 aliphatic rings. The number of fused-ring (bicyclic) bond motifs is 1. The molecule has 3 heterocycles. The monoisotopic (exact) mass is 498 g/mol. The Bertz CT molecular complexity index is 1070. The molecular weight excluding hydrogens is 460 g/mol. The summed E-state index contributed by atoms with van der Waals surface area (Å²) in [5.41, 5.74) is 0.650. The summed E-state index contributed by atoms with van der Waals surface area (Å²) in [6, 6.07) is 4.29. The lowest BCUT2D eigenvalue weighted by molar-refractivity contribution is -0.161. The van der Waals surface area contributed by atoms with E-state index in [4.69, 9.17) is 9.47 Å². The van der Waals surface area contributed by atoms with E-state index >= 15 is 0 Å². The van der Waals surface area contributed by atoms with Crippen LogP contribution >= 0.6 is 0 Å². The van der Waals surface area contributed by atoms with Gasteiger partial charge in [0.05, 0.1) is 30.8 Å². The second kappa shape index (κ2) is 9.63. The van der Waals surface area contributed by atoms with Gasteiger partial charge in [-0.15, -0.1) is 6.58 Å². The molecule has 0 aromatic heterocycles. The smallest absolute Gasteiger partial charge is 0.312 e. The molecule has 3 aliphatic heterocycles. The SMILES string of the molecule is C=CCN(C(=O)C1N([C@H](C)CO)C(=O)[C@@H]2[C@H](C(=O)OCC)[C@]3(CC)CCC12O3)c1cc(C)ccc1C. The zero-order chi connectivity index (χ0) is 26.4. The molecule has 2 bridgehead atoms. The Labute approximate surface area is 213 Å². The number of esters is 1. The number of hydrogen-bond acceptors (Lipinski definition) is 6. The van der Waals surface area contributed by atoms with Crippen LogP contribution in [-0.2, 0) is 23.9 Å². The molecule has 6 atom stereocenters. The van der Waals surface area contributed by atoms with Gasteiger partial charge in [0.1, 0.15) is 17.6 Å². The number of hydrogen-bond donors (Lipinski definition) is 1. The van der Waals surface area contributed by atoms with Crippen LogP contribution in [0.5, 0.6) is 0 Å². The molecule has 1 aromatic rings. The number of anilines is 1. The van der Waals surface area contributed by atoms with Crippen LogP contribution in [-0.4, -0.2) is 70.8 Å². The highest BCUT2D eigenvalue weighted by Gasteiger charge is 2.79. The summed E-state index contributed by atoms with van der Waals surface area (Å²) in [7, 11) is 0. The third-order valence-electron chi connectivity index (χ3n) is 8.37. The van der Waals surface area contributed by atoms with E-state index in [0.717, 1.165) is 16.8 Å². The Hall–Kier alpha value is -2.71. The van der Waals surface area contributed by atoms with Crippen molar-refractivity contribution in [2.45, 2.75) is 77.2 Å². The molecule has 4 rings (SSSR count). The van der Waals surface area contributed by atoms with Crippen LogP contribution in [0.3, 0.4) is 0 Å². The summed E-state index contributed by atoms with van der Waals surface area (Å²) in [6.07, 6.45) is 3.24. The highest BCUT2D eigenvalue weighted by Crippen LogP contribution is 2.64. The van der Waals surface area contributed by atoms with Gasteiger partial charge in [0.2, 0.25) is 5.91 Å². The lowest BCUT2D eigenvalue weighted by Gasteiger charge is -2.39. The molecule has 8 heteroatoms. The van der Waals surface area contributed by atoms with E-state index in [1.165, 1.54) is 4.90 Å². The number of carbonyl (C=O) groups is 3. The van der Waals surface area contributed by atoms with Gasteiger partial charge in [-0.05, 0) is 64.2 Å². The molecule has 36 heavy (non-hydrogen) atoms. The fourth-order valence-electron chi connectivity index (χ4n) is 6.68. The first-order valence-corrected chi connectivity index (χ1v) is 12.9. The fraction of sp³-hybridized carbons (Fsp3) is 0.607. The topological polar surface area (TPSA) is 96.4 Å². The molecule has 2 unspecified atom stereocenters. The van der Waals surface area contributed by atoms with Gasteiger partial charge in [-0.2, -0.15) is 0 Å². The minimum atomic E-state index is -1.16. The van der Waals surface area contributed by atoms with Gasteiger partial charge in [-0.1, -0.05) is 25.1 Å². The minimum absolute atomic E-state index is 0.196. The standard InChI is InChI=1S/C28H38N2O6/c1-7-14-29(20-15-17(4)10-11-18(20)5)25(33)23-28-13-12-27(8-2,36-28)22(26(34)35-9-3)21(28)24(32)30(23)19(6)16-31/h7,10-11,15,19,21-23,31H,1,8-9,12-14,16H2,2-6H3/t19-,21+,22-,23?,27+,28?/m1/s1. The second-order valence-corrected chi connectivity index (χ2v) is 10.4. The number of aliphatic hydroxyl groups is 1. The van der Waals surface area contributed by atoms with Crippen molar-refractivity contribution in [1.29, 1.82) is 0 Å². The van der Waals surface area contributed by atoms with Crippen LogP contribution in [0.25, 0.3) is 0 Å². The van der Waals surface area contributed by atoms with Crippen molar-refractivity contribution in [3.05, 3.63) is 42.0 Å².